The number of benzene rings is 2. The molecule has 4 rings (SSSR count). The molecule has 0 bridgehead atoms. The topological polar surface area (TPSA) is 90.5 Å². The van der Waals surface area contributed by atoms with Gasteiger partial charge in [0.25, 0.3) is 0 Å². The van der Waals surface area contributed by atoms with Gasteiger partial charge in [-0.2, -0.15) is 9.90 Å². The van der Waals surface area contributed by atoms with E-state index in [0.29, 0.717) is 11.5 Å². The molecule has 4 aromatic rings. The maximum Gasteiger partial charge on any atom is 0.248 e. The highest BCUT2D eigenvalue weighted by Gasteiger charge is 2.16. The molecule has 152 valence electrons. The van der Waals surface area contributed by atoms with Gasteiger partial charge >= 0.3 is 0 Å². The minimum absolute atomic E-state index is 0.0343. The number of carbonyl (C=O) groups excluding carboxylic acids is 1. The van der Waals surface area contributed by atoms with E-state index in [-0.39, 0.29) is 12.5 Å². The van der Waals surface area contributed by atoms with Gasteiger partial charge in [0.1, 0.15) is 6.54 Å². The van der Waals surface area contributed by atoms with E-state index in [2.05, 4.69) is 25.8 Å². The van der Waals surface area contributed by atoms with Gasteiger partial charge in [-0.05, 0) is 45.0 Å². The Balaban J connectivity index is 1.48. The number of tetrazole rings is 1. The molecule has 0 unspecified atom stereocenters. The van der Waals surface area contributed by atoms with E-state index in [9.17, 15) is 4.79 Å². The molecule has 2 heterocycles. The second-order valence-electron chi connectivity index (χ2n) is 7.35. The van der Waals surface area contributed by atoms with E-state index in [0.717, 1.165) is 28.2 Å². The zero-order valence-corrected chi connectivity index (χ0v) is 17.4. The van der Waals surface area contributed by atoms with Crippen LogP contribution in [0.4, 0.5) is 5.69 Å². The summed E-state index contributed by atoms with van der Waals surface area (Å²) in [6.07, 6.45) is 0. The molecule has 0 aliphatic carbocycles. The first-order valence-electron chi connectivity index (χ1n) is 9.68. The van der Waals surface area contributed by atoms with Gasteiger partial charge < -0.3 is 5.32 Å². The van der Waals surface area contributed by atoms with Gasteiger partial charge in [0.2, 0.25) is 11.7 Å². The normalized spacial score (nSPS) is 10.9. The molecule has 8 nitrogen and oxygen atoms in total. The van der Waals surface area contributed by atoms with Crippen molar-refractivity contribution in [1.29, 1.82) is 0 Å². The molecule has 1 amide bonds. The van der Waals surface area contributed by atoms with Crippen molar-refractivity contribution < 1.29 is 4.79 Å². The SMILES string of the molecule is Cc1ccc(-c2nnn(CC(=O)Nc3c(C)nn(-c4ccc(C)cc4)c3C)n2)cc1. The third kappa shape index (κ3) is 3.98. The summed E-state index contributed by atoms with van der Waals surface area (Å²) in [4.78, 5) is 13.9. The summed E-state index contributed by atoms with van der Waals surface area (Å²) in [7, 11) is 0. The van der Waals surface area contributed by atoms with E-state index < -0.39 is 0 Å². The number of hydrogen-bond acceptors (Lipinski definition) is 5. The quantitative estimate of drug-likeness (QED) is 0.553. The zero-order valence-electron chi connectivity index (χ0n) is 17.4. The number of anilines is 1. The van der Waals surface area contributed by atoms with Crippen LogP contribution in [0, 0.1) is 27.7 Å². The van der Waals surface area contributed by atoms with Crippen LogP contribution in [-0.2, 0) is 11.3 Å². The Labute approximate surface area is 174 Å². The zero-order chi connectivity index (χ0) is 21.3. The minimum Gasteiger partial charge on any atom is -0.321 e. The number of rotatable bonds is 5. The van der Waals surface area contributed by atoms with E-state index >= 15 is 0 Å². The highest BCUT2D eigenvalue weighted by atomic mass is 16.2. The number of amides is 1. The molecule has 1 N–H and O–H groups in total. The largest absolute Gasteiger partial charge is 0.321 e. The van der Waals surface area contributed by atoms with Gasteiger partial charge in [0, 0.05) is 5.56 Å². The molecule has 0 radical (unpaired) electrons. The van der Waals surface area contributed by atoms with Crippen LogP contribution in [0.2, 0.25) is 0 Å². The van der Waals surface area contributed by atoms with Crippen LogP contribution >= 0.6 is 0 Å². The van der Waals surface area contributed by atoms with Crippen LogP contribution in [0.25, 0.3) is 17.1 Å². The fourth-order valence-electron chi connectivity index (χ4n) is 3.20. The fraction of sp³-hybridized carbons (Fsp3) is 0.227. The Morgan fingerprint density at radius 1 is 0.900 bits per heavy atom. The second kappa shape index (κ2) is 7.90. The Bertz CT molecular complexity index is 1190. The molecule has 0 atom stereocenters. The number of hydrogen-bond donors (Lipinski definition) is 1. The van der Waals surface area contributed by atoms with Crippen molar-refractivity contribution in [2.24, 2.45) is 0 Å². The van der Waals surface area contributed by atoms with E-state index in [1.54, 1.807) is 0 Å². The molecular weight excluding hydrogens is 378 g/mol. The van der Waals surface area contributed by atoms with Gasteiger partial charge in [-0.25, -0.2) is 4.68 Å². The summed E-state index contributed by atoms with van der Waals surface area (Å²) in [6, 6.07) is 15.9. The number of carbonyl (C=O) groups is 1. The van der Waals surface area contributed by atoms with Crippen LogP contribution < -0.4 is 5.32 Å². The van der Waals surface area contributed by atoms with Crippen molar-refractivity contribution >= 4 is 11.6 Å². The predicted octanol–water partition coefficient (Wildman–Crippen LogP) is 3.40. The molecule has 0 saturated carbocycles. The summed E-state index contributed by atoms with van der Waals surface area (Å²) >= 11 is 0. The summed E-state index contributed by atoms with van der Waals surface area (Å²) in [5.74, 6) is 0.250. The molecule has 0 aliphatic rings. The van der Waals surface area contributed by atoms with Crippen molar-refractivity contribution in [3.05, 3.63) is 71.0 Å². The number of nitrogens with zero attached hydrogens (tertiary/aromatic N) is 6. The minimum atomic E-state index is -0.238. The average molecular weight is 401 g/mol. The van der Waals surface area contributed by atoms with E-state index in [4.69, 9.17) is 0 Å². The molecule has 8 heteroatoms. The maximum absolute atomic E-state index is 12.6. The molecule has 30 heavy (non-hydrogen) atoms. The van der Waals surface area contributed by atoms with Crippen molar-refractivity contribution in [2.75, 3.05) is 5.32 Å². The third-order valence-electron chi connectivity index (χ3n) is 4.88. The Morgan fingerprint density at radius 3 is 2.20 bits per heavy atom. The van der Waals surface area contributed by atoms with E-state index in [1.807, 2.05) is 80.9 Å². The molecule has 0 saturated heterocycles. The smallest absolute Gasteiger partial charge is 0.248 e. The highest BCUT2D eigenvalue weighted by molar-refractivity contribution is 5.91. The maximum atomic E-state index is 12.6. The molecule has 0 aliphatic heterocycles. The summed E-state index contributed by atoms with van der Waals surface area (Å²) in [6.45, 7) is 7.82. The average Bonchev–Trinajstić information content (AvgIpc) is 3.29. The van der Waals surface area contributed by atoms with Crippen molar-refractivity contribution in [3.63, 3.8) is 0 Å². The Morgan fingerprint density at radius 2 is 1.53 bits per heavy atom. The lowest BCUT2D eigenvalue weighted by Gasteiger charge is -2.07. The van der Waals surface area contributed by atoms with Crippen LogP contribution in [-0.4, -0.2) is 35.9 Å². The first-order valence-corrected chi connectivity index (χ1v) is 9.68. The lowest BCUT2D eigenvalue weighted by Crippen LogP contribution is -2.21. The monoisotopic (exact) mass is 401 g/mol. The van der Waals surface area contributed by atoms with Gasteiger partial charge in [-0.3, -0.25) is 4.79 Å². The Hall–Kier alpha value is -3.81. The molecule has 0 fully saturated rings. The summed E-state index contributed by atoms with van der Waals surface area (Å²) < 4.78 is 1.83. The first kappa shape index (κ1) is 19.5. The second-order valence-corrected chi connectivity index (χ2v) is 7.35. The molecular formula is C22H23N7O. The highest BCUT2D eigenvalue weighted by Crippen LogP contribution is 2.23. The van der Waals surface area contributed by atoms with E-state index in [1.165, 1.54) is 10.4 Å². The van der Waals surface area contributed by atoms with Crippen LogP contribution in [0.15, 0.2) is 48.5 Å². The van der Waals surface area contributed by atoms with Gasteiger partial charge in [0.15, 0.2) is 0 Å². The van der Waals surface area contributed by atoms with Crippen molar-refractivity contribution in [3.8, 4) is 17.1 Å². The third-order valence-corrected chi connectivity index (χ3v) is 4.88. The van der Waals surface area contributed by atoms with Crippen LogP contribution in [0.3, 0.4) is 0 Å². The van der Waals surface area contributed by atoms with Crippen LogP contribution in [0.5, 0.6) is 0 Å². The summed E-state index contributed by atoms with van der Waals surface area (Å²) in [5.41, 5.74) is 6.44. The van der Waals surface area contributed by atoms with Gasteiger partial charge in [-0.1, -0.05) is 47.5 Å². The van der Waals surface area contributed by atoms with Crippen molar-refractivity contribution in [2.45, 2.75) is 34.2 Å². The van der Waals surface area contributed by atoms with Gasteiger partial charge in [0.05, 0.1) is 22.8 Å². The standard InChI is InChI=1S/C22H23N7O/c1-14-5-9-18(10-6-14)22-24-27-28(26-22)13-20(30)23-21-16(3)25-29(17(21)4)19-11-7-15(2)8-12-19/h5-12H,13H2,1-4H3,(H,23,30). The number of nitrogens with one attached hydrogen (secondary N) is 1. The molecule has 2 aromatic carbocycles. The Kier molecular flexibility index (Phi) is 5.14. The number of aromatic nitrogens is 6. The molecule has 0 spiro atoms. The lowest BCUT2D eigenvalue weighted by molar-refractivity contribution is -0.117. The number of aryl methyl sites for hydroxylation is 3. The molecule has 2 aromatic heterocycles. The lowest BCUT2D eigenvalue weighted by atomic mass is 10.1. The van der Waals surface area contributed by atoms with Crippen molar-refractivity contribution in [1.82, 2.24) is 30.0 Å². The van der Waals surface area contributed by atoms with Crippen LogP contribution in [0.1, 0.15) is 22.5 Å². The fourth-order valence-corrected chi connectivity index (χ4v) is 3.20. The first-order chi connectivity index (χ1) is 14.4. The van der Waals surface area contributed by atoms with Gasteiger partial charge in [-0.15, -0.1) is 10.2 Å². The predicted molar refractivity (Wildman–Crippen MR) is 114 cm³/mol. The summed E-state index contributed by atoms with van der Waals surface area (Å²) in [5, 5.41) is 19.9.